The van der Waals surface area contributed by atoms with Crippen LogP contribution in [0.3, 0.4) is 0 Å². The van der Waals surface area contributed by atoms with E-state index in [-0.39, 0.29) is 13.0 Å². The molecule has 0 unspecified atom stereocenters. The van der Waals surface area contributed by atoms with E-state index in [0.717, 1.165) is 0 Å². The van der Waals surface area contributed by atoms with Crippen LogP contribution in [0.5, 0.6) is 0 Å². The van der Waals surface area contributed by atoms with Crippen molar-refractivity contribution in [2.75, 3.05) is 26.9 Å². The highest BCUT2D eigenvalue weighted by molar-refractivity contribution is 5.84. The zero-order valence-corrected chi connectivity index (χ0v) is 10.2. The molecule has 98 valence electrons. The minimum Gasteiger partial charge on any atom is -0.480 e. The molecule has 1 atom stereocenters. The second-order valence-corrected chi connectivity index (χ2v) is 3.66. The van der Waals surface area contributed by atoms with Gasteiger partial charge in [-0.05, 0) is 13.3 Å². The van der Waals surface area contributed by atoms with Crippen molar-refractivity contribution in [2.24, 2.45) is 0 Å². The van der Waals surface area contributed by atoms with E-state index >= 15 is 0 Å². The highest BCUT2D eigenvalue weighted by Gasteiger charge is 2.19. The Morgan fingerprint density at radius 3 is 2.53 bits per heavy atom. The van der Waals surface area contributed by atoms with Crippen LogP contribution in [0, 0.1) is 0 Å². The third-order valence-electron chi connectivity index (χ3n) is 1.85. The summed E-state index contributed by atoms with van der Waals surface area (Å²) in [7, 11) is 1.52. The van der Waals surface area contributed by atoms with Crippen molar-refractivity contribution in [3.8, 4) is 0 Å². The van der Waals surface area contributed by atoms with Gasteiger partial charge < -0.3 is 19.9 Å². The molecule has 6 nitrogen and oxygen atoms in total. The fourth-order valence-electron chi connectivity index (χ4n) is 1.09. The van der Waals surface area contributed by atoms with Gasteiger partial charge >= 0.3 is 5.97 Å². The number of carboxylic acids is 1. The van der Waals surface area contributed by atoms with E-state index in [2.05, 4.69) is 11.9 Å². The number of rotatable bonds is 9. The molecule has 0 fully saturated rings. The molecular formula is C11H19NO5. The Labute approximate surface area is 101 Å². The maximum atomic E-state index is 11.3. The topological polar surface area (TPSA) is 84.9 Å². The summed E-state index contributed by atoms with van der Waals surface area (Å²) >= 11 is 0. The van der Waals surface area contributed by atoms with E-state index in [1.165, 1.54) is 7.11 Å². The molecule has 17 heavy (non-hydrogen) atoms. The first-order valence-electron chi connectivity index (χ1n) is 5.20. The molecule has 0 saturated carbocycles. The first kappa shape index (κ1) is 15.6. The van der Waals surface area contributed by atoms with Gasteiger partial charge in [-0.15, -0.1) is 6.58 Å². The second-order valence-electron chi connectivity index (χ2n) is 3.66. The molecule has 0 heterocycles. The number of carbonyl (C=O) groups excluding carboxylic acids is 1. The number of hydrogen-bond acceptors (Lipinski definition) is 4. The third-order valence-corrected chi connectivity index (χ3v) is 1.85. The quantitative estimate of drug-likeness (QED) is 0.447. The lowest BCUT2D eigenvalue weighted by atomic mass is 10.1. The zero-order valence-electron chi connectivity index (χ0n) is 10.2. The average molecular weight is 245 g/mol. The van der Waals surface area contributed by atoms with Gasteiger partial charge in [-0.2, -0.15) is 0 Å². The summed E-state index contributed by atoms with van der Waals surface area (Å²) in [5.74, 6) is -1.55. The Balaban J connectivity index is 3.96. The van der Waals surface area contributed by atoms with Crippen LogP contribution in [-0.2, 0) is 19.1 Å². The average Bonchev–Trinajstić information content (AvgIpc) is 2.22. The summed E-state index contributed by atoms with van der Waals surface area (Å²) in [6, 6.07) is -0.953. The van der Waals surface area contributed by atoms with Crippen molar-refractivity contribution in [3.63, 3.8) is 0 Å². The van der Waals surface area contributed by atoms with Gasteiger partial charge in [0.1, 0.15) is 12.6 Å². The number of aliphatic carboxylic acids is 1. The Morgan fingerprint density at radius 1 is 1.41 bits per heavy atom. The molecular weight excluding hydrogens is 226 g/mol. The number of amides is 1. The standard InChI is InChI=1S/C11H19NO5/c1-8(2)6-9(11(14)15)12-10(13)7-17-5-4-16-3/h9H,1,4-7H2,2-3H3,(H,12,13)(H,14,15)/t9-/m1/s1. The van der Waals surface area contributed by atoms with Gasteiger partial charge in [0.2, 0.25) is 5.91 Å². The number of nitrogens with one attached hydrogen (secondary N) is 1. The Bertz CT molecular complexity index is 277. The molecule has 0 rings (SSSR count). The lowest BCUT2D eigenvalue weighted by Crippen LogP contribution is -2.42. The Morgan fingerprint density at radius 2 is 2.06 bits per heavy atom. The van der Waals surface area contributed by atoms with Crippen LogP contribution in [0.2, 0.25) is 0 Å². The largest absolute Gasteiger partial charge is 0.480 e. The smallest absolute Gasteiger partial charge is 0.326 e. The molecule has 0 saturated heterocycles. The lowest BCUT2D eigenvalue weighted by molar-refractivity contribution is -0.142. The molecule has 0 aliphatic carbocycles. The molecule has 0 aromatic heterocycles. The molecule has 0 radical (unpaired) electrons. The van der Waals surface area contributed by atoms with Crippen LogP contribution in [-0.4, -0.2) is 50.0 Å². The van der Waals surface area contributed by atoms with Gasteiger partial charge in [0, 0.05) is 7.11 Å². The number of hydrogen-bond donors (Lipinski definition) is 2. The van der Waals surface area contributed by atoms with E-state index in [0.29, 0.717) is 18.8 Å². The second kappa shape index (κ2) is 8.72. The van der Waals surface area contributed by atoms with Gasteiger partial charge in [-0.3, -0.25) is 4.79 Å². The maximum Gasteiger partial charge on any atom is 0.326 e. The van der Waals surface area contributed by atoms with Crippen molar-refractivity contribution in [1.82, 2.24) is 5.32 Å². The van der Waals surface area contributed by atoms with Crippen LogP contribution >= 0.6 is 0 Å². The lowest BCUT2D eigenvalue weighted by Gasteiger charge is -2.14. The highest BCUT2D eigenvalue weighted by Crippen LogP contribution is 2.02. The van der Waals surface area contributed by atoms with Crippen LogP contribution in [0.15, 0.2) is 12.2 Å². The van der Waals surface area contributed by atoms with Crippen molar-refractivity contribution >= 4 is 11.9 Å². The minimum atomic E-state index is -1.08. The number of carboxylic acid groups (broad SMARTS) is 1. The van der Waals surface area contributed by atoms with Crippen molar-refractivity contribution in [2.45, 2.75) is 19.4 Å². The van der Waals surface area contributed by atoms with Crippen molar-refractivity contribution < 1.29 is 24.2 Å². The monoisotopic (exact) mass is 245 g/mol. The number of methoxy groups -OCH3 is 1. The van der Waals surface area contributed by atoms with Crippen molar-refractivity contribution in [1.29, 1.82) is 0 Å². The molecule has 0 aliphatic heterocycles. The van der Waals surface area contributed by atoms with E-state index in [4.69, 9.17) is 14.6 Å². The summed E-state index contributed by atoms with van der Waals surface area (Å²) in [6.45, 7) is 5.82. The molecule has 0 aromatic rings. The molecule has 0 bridgehead atoms. The van der Waals surface area contributed by atoms with Crippen LogP contribution in [0.1, 0.15) is 13.3 Å². The summed E-state index contributed by atoms with van der Waals surface area (Å²) < 4.78 is 9.70. The SMILES string of the molecule is C=C(C)C[C@@H](NC(=O)COCCOC)C(=O)O. The number of ether oxygens (including phenoxy) is 2. The fourth-order valence-corrected chi connectivity index (χ4v) is 1.09. The Kier molecular flexibility index (Phi) is 8.00. The van der Waals surface area contributed by atoms with Gasteiger partial charge in [0.25, 0.3) is 0 Å². The van der Waals surface area contributed by atoms with E-state index in [1.807, 2.05) is 0 Å². The summed E-state index contributed by atoms with van der Waals surface area (Å²) in [5.41, 5.74) is 0.693. The van der Waals surface area contributed by atoms with E-state index in [9.17, 15) is 9.59 Å². The van der Waals surface area contributed by atoms with Crippen molar-refractivity contribution in [3.05, 3.63) is 12.2 Å². The van der Waals surface area contributed by atoms with Crippen LogP contribution in [0.4, 0.5) is 0 Å². The summed E-state index contributed by atoms with van der Waals surface area (Å²) in [5, 5.41) is 11.2. The van der Waals surface area contributed by atoms with E-state index in [1.54, 1.807) is 6.92 Å². The third kappa shape index (κ3) is 8.41. The summed E-state index contributed by atoms with van der Waals surface area (Å²) in [6.07, 6.45) is 0.207. The van der Waals surface area contributed by atoms with Gasteiger partial charge in [-0.1, -0.05) is 5.57 Å². The molecule has 6 heteroatoms. The minimum absolute atomic E-state index is 0.177. The first-order valence-corrected chi connectivity index (χ1v) is 5.20. The van der Waals surface area contributed by atoms with Gasteiger partial charge in [0.15, 0.2) is 0 Å². The number of carbonyl (C=O) groups is 2. The predicted molar refractivity (Wildman–Crippen MR) is 61.7 cm³/mol. The normalized spacial score (nSPS) is 11.9. The molecule has 0 aromatic carbocycles. The maximum absolute atomic E-state index is 11.3. The highest BCUT2D eigenvalue weighted by atomic mass is 16.5. The Hall–Kier alpha value is -1.40. The first-order chi connectivity index (χ1) is 7.97. The molecule has 0 spiro atoms. The predicted octanol–water partition coefficient (Wildman–Crippen LogP) is 0.185. The van der Waals surface area contributed by atoms with Crippen LogP contribution < -0.4 is 5.32 Å². The van der Waals surface area contributed by atoms with Gasteiger partial charge in [-0.25, -0.2) is 4.79 Å². The van der Waals surface area contributed by atoms with E-state index < -0.39 is 17.9 Å². The molecule has 0 aliphatic rings. The van der Waals surface area contributed by atoms with Gasteiger partial charge in [0.05, 0.1) is 13.2 Å². The molecule has 1 amide bonds. The summed E-state index contributed by atoms with van der Waals surface area (Å²) in [4.78, 5) is 22.2. The zero-order chi connectivity index (χ0) is 13.3. The fraction of sp³-hybridized carbons (Fsp3) is 0.636. The molecule has 2 N–H and O–H groups in total. The van der Waals surface area contributed by atoms with Crippen LogP contribution in [0.25, 0.3) is 0 Å².